The fourth-order valence-corrected chi connectivity index (χ4v) is 3.86. The Hall–Kier alpha value is -3.35. The predicted octanol–water partition coefficient (Wildman–Crippen LogP) is 5.00. The molecule has 0 aromatic heterocycles. The minimum atomic E-state index is 0.00206. The van der Waals surface area contributed by atoms with Gasteiger partial charge in [0.25, 0.3) is 0 Å². The van der Waals surface area contributed by atoms with Crippen LogP contribution < -0.4 is 14.8 Å². The number of rotatable bonds is 10. The normalized spacial score (nSPS) is 15.8. The number of anilines is 1. The summed E-state index contributed by atoms with van der Waals surface area (Å²) >= 11 is 0. The van der Waals surface area contributed by atoms with Crippen molar-refractivity contribution in [2.75, 3.05) is 19.0 Å². The summed E-state index contributed by atoms with van der Waals surface area (Å²) < 4.78 is 11.1. The van der Waals surface area contributed by atoms with Crippen molar-refractivity contribution in [2.45, 2.75) is 53.0 Å². The van der Waals surface area contributed by atoms with Crippen molar-refractivity contribution in [3.8, 4) is 11.5 Å². The van der Waals surface area contributed by atoms with E-state index in [2.05, 4.69) is 12.2 Å². The van der Waals surface area contributed by atoms with Crippen LogP contribution in [0.2, 0.25) is 0 Å². The number of methoxy groups -OCH3 is 1. The first-order chi connectivity index (χ1) is 16.0. The summed E-state index contributed by atoms with van der Waals surface area (Å²) in [5.41, 5.74) is 3.50. The number of amides is 2. The second-order valence-corrected chi connectivity index (χ2v) is 8.04. The van der Waals surface area contributed by atoms with Crippen LogP contribution >= 0.6 is 0 Å². The molecule has 1 aliphatic rings. The Kier molecular flexibility index (Phi) is 8.46. The van der Waals surface area contributed by atoms with Gasteiger partial charge in [-0.15, -0.1) is 0 Å². The molecule has 2 aromatic carbocycles. The third kappa shape index (κ3) is 6.12. The highest BCUT2D eigenvalue weighted by Crippen LogP contribution is 2.32. The lowest BCUT2D eigenvalue weighted by Gasteiger charge is -2.29. The fourth-order valence-electron chi connectivity index (χ4n) is 3.86. The second-order valence-electron chi connectivity index (χ2n) is 8.04. The van der Waals surface area contributed by atoms with Crippen molar-refractivity contribution in [2.24, 2.45) is 11.0 Å². The third-order valence-electron chi connectivity index (χ3n) is 5.62. The van der Waals surface area contributed by atoms with Gasteiger partial charge < -0.3 is 14.8 Å². The molecule has 1 N–H and O–H groups in total. The molecule has 0 spiro atoms. The molecule has 0 aliphatic carbocycles. The lowest BCUT2D eigenvalue weighted by Crippen LogP contribution is -2.36. The molecule has 0 saturated carbocycles. The molecule has 0 radical (unpaired) electrons. The summed E-state index contributed by atoms with van der Waals surface area (Å²) in [5, 5.41) is 9.19. The Labute approximate surface area is 195 Å². The van der Waals surface area contributed by atoms with Crippen LogP contribution in [0, 0.1) is 5.92 Å². The number of hydrazone groups is 1. The predicted molar refractivity (Wildman–Crippen MR) is 130 cm³/mol. The largest absolute Gasteiger partial charge is 0.493 e. The van der Waals surface area contributed by atoms with E-state index in [4.69, 9.17) is 14.6 Å². The third-order valence-corrected chi connectivity index (χ3v) is 5.62. The molecule has 0 saturated heterocycles. The van der Waals surface area contributed by atoms with E-state index in [0.29, 0.717) is 37.5 Å². The second kappa shape index (κ2) is 11.5. The summed E-state index contributed by atoms with van der Waals surface area (Å²) in [6.07, 6.45) is 2.54. The summed E-state index contributed by atoms with van der Waals surface area (Å²) in [7, 11) is 1.62. The van der Waals surface area contributed by atoms with E-state index in [9.17, 15) is 9.59 Å². The van der Waals surface area contributed by atoms with E-state index in [-0.39, 0.29) is 17.7 Å². The molecule has 0 bridgehead atoms. The van der Waals surface area contributed by atoms with Crippen LogP contribution in [0.1, 0.15) is 57.6 Å². The maximum absolute atomic E-state index is 12.8. The lowest BCUT2D eigenvalue weighted by atomic mass is 9.89. The van der Waals surface area contributed by atoms with E-state index in [1.165, 1.54) is 5.01 Å². The maximum atomic E-state index is 12.8. The molecule has 2 aromatic rings. The Balaban J connectivity index is 1.83. The number of carbonyl (C=O) groups excluding carboxylic acids is 2. The van der Waals surface area contributed by atoms with E-state index in [0.717, 1.165) is 35.4 Å². The van der Waals surface area contributed by atoms with Gasteiger partial charge >= 0.3 is 0 Å². The zero-order valence-electron chi connectivity index (χ0n) is 19.9. The molecule has 2 amide bonds. The number of nitrogens with zero attached hydrogens (tertiary/aromatic N) is 2. The smallest absolute Gasteiger partial charge is 0.243 e. The molecule has 7 heteroatoms. The highest BCUT2D eigenvalue weighted by molar-refractivity contribution is 6.06. The summed E-state index contributed by atoms with van der Waals surface area (Å²) in [4.78, 5) is 24.6. The zero-order valence-corrected chi connectivity index (χ0v) is 19.9. The minimum absolute atomic E-state index is 0.00206. The molecular weight excluding hydrogens is 418 g/mol. The van der Waals surface area contributed by atoms with Crippen molar-refractivity contribution in [1.29, 1.82) is 0 Å². The minimum Gasteiger partial charge on any atom is -0.493 e. The molecular formula is C26H33N3O4. The van der Waals surface area contributed by atoms with Crippen LogP contribution in [-0.4, -0.2) is 36.3 Å². The average Bonchev–Trinajstić information content (AvgIpc) is 2.81. The topological polar surface area (TPSA) is 80.2 Å². The van der Waals surface area contributed by atoms with E-state index >= 15 is 0 Å². The van der Waals surface area contributed by atoms with Gasteiger partial charge in [-0.05, 0) is 55.7 Å². The molecule has 1 unspecified atom stereocenters. The monoisotopic (exact) mass is 451 g/mol. The number of carbonyl (C=O) groups is 2. The zero-order chi connectivity index (χ0) is 23.8. The van der Waals surface area contributed by atoms with Gasteiger partial charge in [0.15, 0.2) is 11.5 Å². The van der Waals surface area contributed by atoms with Gasteiger partial charge in [-0.1, -0.05) is 26.0 Å². The Morgan fingerprint density at radius 3 is 2.52 bits per heavy atom. The van der Waals surface area contributed by atoms with Gasteiger partial charge in [-0.25, -0.2) is 5.01 Å². The van der Waals surface area contributed by atoms with Gasteiger partial charge in [0.2, 0.25) is 11.8 Å². The summed E-state index contributed by atoms with van der Waals surface area (Å²) in [6.45, 7) is 6.88. The van der Waals surface area contributed by atoms with Crippen molar-refractivity contribution < 1.29 is 19.1 Å². The van der Waals surface area contributed by atoms with Gasteiger partial charge in [0.05, 0.1) is 26.0 Å². The molecule has 3 rings (SSSR count). The molecule has 7 nitrogen and oxygen atoms in total. The standard InChI is InChI=1S/C26H33N3O4/c1-5-8-24(30)27-21-12-9-18(10-13-21)17-29-25(31)16-19(6-2)26(28-29)20-11-14-22(32-4)23(15-20)33-7-3/h9-15,19H,5-8,16-17H2,1-4H3,(H,27,30). The summed E-state index contributed by atoms with van der Waals surface area (Å²) in [5.74, 6) is 1.39. The van der Waals surface area contributed by atoms with Crippen molar-refractivity contribution in [1.82, 2.24) is 5.01 Å². The van der Waals surface area contributed by atoms with Gasteiger partial charge in [0.1, 0.15) is 0 Å². The van der Waals surface area contributed by atoms with Crippen LogP contribution in [0.25, 0.3) is 0 Å². The number of hydrogen-bond acceptors (Lipinski definition) is 5. The highest BCUT2D eigenvalue weighted by atomic mass is 16.5. The van der Waals surface area contributed by atoms with Crippen LogP contribution in [-0.2, 0) is 16.1 Å². The van der Waals surface area contributed by atoms with Gasteiger partial charge in [-0.3, -0.25) is 9.59 Å². The van der Waals surface area contributed by atoms with Gasteiger partial charge in [0, 0.05) is 30.0 Å². The van der Waals surface area contributed by atoms with Crippen molar-refractivity contribution in [3.05, 3.63) is 53.6 Å². The van der Waals surface area contributed by atoms with E-state index in [1.807, 2.05) is 56.3 Å². The Bertz CT molecular complexity index is 1000. The molecule has 1 atom stereocenters. The molecule has 176 valence electrons. The van der Waals surface area contributed by atoms with Crippen LogP contribution in [0.15, 0.2) is 47.6 Å². The fraction of sp³-hybridized carbons (Fsp3) is 0.423. The average molecular weight is 452 g/mol. The summed E-state index contributed by atoms with van der Waals surface area (Å²) in [6, 6.07) is 13.3. The maximum Gasteiger partial charge on any atom is 0.243 e. The van der Waals surface area contributed by atoms with Crippen molar-refractivity contribution >= 4 is 23.2 Å². The first kappa shape index (κ1) is 24.3. The molecule has 1 heterocycles. The number of ether oxygens (including phenoxy) is 2. The quantitative estimate of drug-likeness (QED) is 0.552. The molecule has 1 aliphatic heterocycles. The number of benzene rings is 2. The van der Waals surface area contributed by atoms with E-state index in [1.54, 1.807) is 7.11 Å². The Morgan fingerprint density at radius 1 is 1.12 bits per heavy atom. The highest BCUT2D eigenvalue weighted by Gasteiger charge is 2.29. The molecule has 33 heavy (non-hydrogen) atoms. The lowest BCUT2D eigenvalue weighted by molar-refractivity contribution is -0.133. The first-order valence-electron chi connectivity index (χ1n) is 11.6. The molecule has 0 fully saturated rings. The first-order valence-corrected chi connectivity index (χ1v) is 11.6. The van der Waals surface area contributed by atoms with Crippen molar-refractivity contribution in [3.63, 3.8) is 0 Å². The van der Waals surface area contributed by atoms with Crippen LogP contribution in [0.4, 0.5) is 5.69 Å². The van der Waals surface area contributed by atoms with Crippen LogP contribution in [0.3, 0.4) is 0 Å². The SMILES string of the molecule is CCCC(=O)Nc1ccc(CN2N=C(c3ccc(OC)c(OCC)c3)C(CC)CC2=O)cc1. The number of nitrogens with one attached hydrogen (secondary N) is 1. The van der Waals surface area contributed by atoms with Gasteiger partial charge in [-0.2, -0.15) is 5.10 Å². The van der Waals surface area contributed by atoms with E-state index < -0.39 is 0 Å². The number of hydrogen-bond donors (Lipinski definition) is 1. The Morgan fingerprint density at radius 2 is 1.88 bits per heavy atom. The van der Waals surface area contributed by atoms with Crippen LogP contribution in [0.5, 0.6) is 11.5 Å².